The summed E-state index contributed by atoms with van der Waals surface area (Å²) in [6.07, 6.45) is 3.49. The number of nitrogens with two attached hydrogens (primary N) is 1. The Morgan fingerprint density at radius 3 is 2.88 bits per heavy atom. The lowest BCUT2D eigenvalue weighted by Crippen LogP contribution is -2.26. The van der Waals surface area contributed by atoms with Gasteiger partial charge in [0.15, 0.2) is 5.82 Å². The molecule has 0 bridgehead atoms. The van der Waals surface area contributed by atoms with Gasteiger partial charge in [0.05, 0.1) is 6.54 Å². The molecule has 0 fully saturated rings. The molecule has 2 heterocycles. The van der Waals surface area contributed by atoms with Crippen LogP contribution in [0.25, 0.3) is 5.82 Å². The minimum atomic E-state index is -0.146. The molecule has 0 unspecified atom stereocenters. The maximum atomic E-state index is 11.4. The molecule has 0 saturated carbocycles. The monoisotopic (exact) mass is 219 g/mol. The van der Waals surface area contributed by atoms with E-state index in [4.69, 9.17) is 5.73 Å². The molecule has 6 nitrogen and oxygen atoms in total. The fraction of sp³-hybridized carbons (Fsp3) is 0.300. The molecule has 0 aliphatic heterocycles. The van der Waals surface area contributed by atoms with Gasteiger partial charge in [-0.05, 0) is 13.0 Å². The summed E-state index contributed by atoms with van der Waals surface area (Å²) in [7, 11) is 0. The SMILES string of the molecule is Cc1nccn1-c1ccc(=O)n(CCN)n1. The van der Waals surface area contributed by atoms with Crippen molar-refractivity contribution in [2.45, 2.75) is 13.5 Å². The van der Waals surface area contributed by atoms with Crippen LogP contribution in [0, 0.1) is 6.92 Å². The van der Waals surface area contributed by atoms with Gasteiger partial charge < -0.3 is 5.73 Å². The Hall–Kier alpha value is -1.95. The zero-order chi connectivity index (χ0) is 11.5. The second kappa shape index (κ2) is 4.28. The molecule has 2 aromatic heterocycles. The van der Waals surface area contributed by atoms with E-state index in [2.05, 4.69) is 10.1 Å². The number of nitrogens with zero attached hydrogens (tertiary/aromatic N) is 4. The van der Waals surface area contributed by atoms with Crippen molar-refractivity contribution in [2.75, 3.05) is 6.54 Å². The van der Waals surface area contributed by atoms with Crippen LogP contribution < -0.4 is 11.3 Å². The summed E-state index contributed by atoms with van der Waals surface area (Å²) in [5, 5.41) is 4.21. The minimum Gasteiger partial charge on any atom is -0.329 e. The van der Waals surface area contributed by atoms with E-state index in [1.54, 1.807) is 18.5 Å². The molecule has 2 aromatic rings. The zero-order valence-corrected chi connectivity index (χ0v) is 9.00. The minimum absolute atomic E-state index is 0.146. The average Bonchev–Trinajstić information content (AvgIpc) is 2.68. The van der Waals surface area contributed by atoms with Crippen LogP contribution in [-0.2, 0) is 6.54 Å². The molecule has 0 atom stereocenters. The lowest BCUT2D eigenvalue weighted by Gasteiger charge is -2.07. The lowest BCUT2D eigenvalue weighted by atomic mass is 10.5. The highest BCUT2D eigenvalue weighted by molar-refractivity contribution is 5.21. The van der Waals surface area contributed by atoms with Gasteiger partial charge in [0.2, 0.25) is 0 Å². The van der Waals surface area contributed by atoms with Crippen LogP contribution in [0.5, 0.6) is 0 Å². The van der Waals surface area contributed by atoms with Crippen molar-refractivity contribution in [1.82, 2.24) is 19.3 Å². The van der Waals surface area contributed by atoms with Crippen molar-refractivity contribution in [3.63, 3.8) is 0 Å². The van der Waals surface area contributed by atoms with Crippen LogP contribution in [0.1, 0.15) is 5.82 Å². The maximum absolute atomic E-state index is 11.4. The summed E-state index contributed by atoms with van der Waals surface area (Å²) in [5.41, 5.74) is 5.26. The normalized spacial score (nSPS) is 10.6. The molecule has 2 rings (SSSR count). The van der Waals surface area contributed by atoms with E-state index < -0.39 is 0 Å². The first kappa shape index (κ1) is 10.6. The van der Waals surface area contributed by atoms with Crippen LogP contribution in [0.2, 0.25) is 0 Å². The molecule has 16 heavy (non-hydrogen) atoms. The topological polar surface area (TPSA) is 78.7 Å². The number of aryl methyl sites for hydroxylation is 1. The Morgan fingerprint density at radius 1 is 1.44 bits per heavy atom. The maximum Gasteiger partial charge on any atom is 0.266 e. The summed E-state index contributed by atoms with van der Waals surface area (Å²) >= 11 is 0. The zero-order valence-electron chi connectivity index (χ0n) is 9.00. The highest BCUT2D eigenvalue weighted by Crippen LogP contribution is 2.04. The molecule has 0 amide bonds. The Balaban J connectivity index is 2.47. The Kier molecular flexibility index (Phi) is 2.82. The van der Waals surface area contributed by atoms with Gasteiger partial charge in [0.1, 0.15) is 5.82 Å². The van der Waals surface area contributed by atoms with Crippen LogP contribution in [0.3, 0.4) is 0 Å². The summed E-state index contributed by atoms with van der Waals surface area (Å²) in [5.74, 6) is 1.49. The number of hydrogen-bond donors (Lipinski definition) is 1. The summed E-state index contributed by atoms with van der Waals surface area (Å²) in [4.78, 5) is 15.5. The van der Waals surface area contributed by atoms with E-state index in [1.807, 2.05) is 11.5 Å². The fourth-order valence-corrected chi connectivity index (χ4v) is 1.47. The number of hydrogen-bond acceptors (Lipinski definition) is 4. The molecule has 0 saturated heterocycles. The summed E-state index contributed by atoms with van der Waals surface area (Å²) in [6.45, 7) is 2.68. The van der Waals surface area contributed by atoms with Crippen molar-refractivity contribution in [1.29, 1.82) is 0 Å². The van der Waals surface area contributed by atoms with E-state index in [-0.39, 0.29) is 5.56 Å². The second-order valence-electron chi connectivity index (χ2n) is 3.39. The second-order valence-corrected chi connectivity index (χ2v) is 3.39. The van der Waals surface area contributed by atoms with Crippen LogP contribution >= 0.6 is 0 Å². The van der Waals surface area contributed by atoms with Crippen molar-refractivity contribution < 1.29 is 0 Å². The summed E-state index contributed by atoms with van der Waals surface area (Å²) < 4.78 is 3.17. The van der Waals surface area contributed by atoms with Crippen molar-refractivity contribution in [2.24, 2.45) is 5.73 Å². The molecule has 0 radical (unpaired) electrons. The largest absolute Gasteiger partial charge is 0.329 e. The first-order valence-corrected chi connectivity index (χ1v) is 5.01. The van der Waals surface area contributed by atoms with Gasteiger partial charge in [0.25, 0.3) is 5.56 Å². The highest BCUT2D eigenvalue weighted by atomic mass is 16.1. The molecular formula is C10H13N5O. The fourth-order valence-electron chi connectivity index (χ4n) is 1.47. The van der Waals surface area contributed by atoms with E-state index in [9.17, 15) is 4.79 Å². The number of imidazole rings is 1. The van der Waals surface area contributed by atoms with Gasteiger partial charge in [-0.2, -0.15) is 5.10 Å². The van der Waals surface area contributed by atoms with Crippen LogP contribution in [-0.4, -0.2) is 25.9 Å². The Bertz CT molecular complexity index is 542. The van der Waals surface area contributed by atoms with Crippen LogP contribution in [0.15, 0.2) is 29.3 Å². The molecule has 0 spiro atoms. The van der Waals surface area contributed by atoms with Crippen LogP contribution in [0.4, 0.5) is 0 Å². The van der Waals surface area contributed by atoms with Gasteiger partial charge in [0, 0.05) is 25.0 Å². The van der Waals surface area contributed by atoms with Gasteiger partial charge in [-0.1, -0.05) is 0 Å². The molecule has 6 heteroatoms. The first-order chi connectivity index (χ1) is 7.72. The van der Waals surface area contributed by atoms with E-state index in [1.165, 1.54) is 10.7 Å². The molecule has 0 aromatic carbocycles. The number of aromatic nitrogens is 4. The molecule has 84 valence electrons. The number of rotatable bonds is 3. The van der Waals surface area contributed by atoms with Crippen molar-refractivity contribution in [3.8, 4) is 5.82 Å². The third-order valence-corrected chi connectivity index (χ3v) is 2.27. The standard InChI is InChI=1S/C10H13N5O/c1-8-12-5-7-14(8)9-2-3-10(16)15(13-9)6-4-11/h2-3,5,7H,4,6,11H2,1H3. The predicted molar refractivity (Wildman–Crippen MR) is 59.4 cm³/mol. The Morgan fingerprint density at radius 2 is 2.25 bits per heavy atom. The first-order valence-electron chi connectivity index (χ1n) is 5.01. The van der Waals surface area contributed by atoms with Crippen molar-refractivity contribution >= 4 is 0 Å². The highest BCUT2D eigenvalue weighted by Gasteiger charge is 2.04. The lowest BCUT2D eigenvalue weighted by molar-refractivity contribution is 0.578. The van der Waals surface area contributed by atoms with Gasteiger partial charge in [-0.25, -0.2) is 9.67 Å². The molecule has 2 N–H and O–H groups in total. The van der Waals surface area contributed by atoms with Gasteiger partial charge >= 0.3 is 0 Å². The quantitative estimate of drug-likeness (QED) is 0.768. The molecular weight excluding hydrogens is 206 g/mol. The van der Waals surface area contributed by atoms with Gasteiger partial charge in [-0.15, -0.1) is 0 Å². The average molecular weight is 219 g/mol. The third kappa shape index (κ3) is 1.87. The van der Waals surface area contributed by atoms with Crippen molar-refractivity contribution in [3.05, 3.63) is 40.7 Å². The molecule has 0 aliphatic rings. The Labute approximate surface area is 92.3 Å². The van der Waals surface area contributed by atoms with E-state index in [0.717, 1.165) is 5.82 Å². The predicted octanol–water partition coefficient (Wildman–Crippen LogP) is -0.304. The van der Waals surface area contributed by atoms with E-state index >= 15 is 0 Å². The van der Waals surface area contributed by atoms with E-state index in [0.29, 0.717) is 18.9 Å². The smallest absolute Gasteiger partial charge is 0.266 e. The summed E-state index contributed by atoms with van der Waals surface area (Å²) in [6, 6.07) is 3.15. The van der Waals surface area contributed by atoms with Gasteiger partial charge in [-0.3, -0.25) is 9.36 Å². The third-order valence-electron chi connectivity index (χ3n) is 2.27. The molecule has 0 aliphatic carbocycles.